The molecule has 0 spiro atoms. The Kier molecular flexibility index (Phi) is 1.72. The molecule has 0 aromatic heterocycles. The van der Waals surface area contributed by atoms with E-state index >= 15 is 0 Å². The monoisotopic (exact) mass is 172 g/mol. The van der Waals surface area contributed by atoms with Crippen LogP contribution >= 0.6 is 0 Å². The summed E-state index contributed by atoms with van der Waals surface area (Å²) < 4.78 is 11.4. The summed E-state index contributed by atoms with van der Waals surface area (Å²) in [6.07, 6.45) is 3.09. The van der Waals surface area contributed by atoms with Gasteiger partial charge in [0.15, 0.2) is 5.79 Å². The summed E-state index contributed by atoms with van der Waals surface area (Å²) in [5.74, 6) is -0.512. The Morgan fingerprint density at radius 1 is 1.50 bits per heavy atom. The third-order valence-electron chi connectivity index (χ3n) is 2.72. The maximum Gasteiger partial charge on any atom is 0.163 e. The lowest BCUT2D eigenvalue weighted by Crippen LogP contribution is -2.49. The minimum atomic E-state index is -0.512. The molecule has 1 aliphatic carbocycles. The molecule has 0 radical (unpaired) electrons. The van der Waals surface area contributed by atoms with Gasteiger partial charge in [0.25, 0.3) is 0 Å². The van der Waals surface area contributed by atoms with Gasteiger partial charge in [0.1, 0.15) is 0 Å². The summed E-state index contributed by atoms with van der Waals surface area (Å²) in [6.45, 7) is 3.94. The van der Waals surface area contributed by atoms with Crippen LogP contribution in [-0.2, 0) is 9.47 Å². The van der Waals surface area contributed by atoms with Crippen molar-refractivity contribution in [2.24, 2.45) is 0 Å². The normalized spacial score (nSPS) is 44.8. The average Bonchev–Trinajstić information content (AvgIpc) is 2.27. The van der Waals surface area contributed by atoms with Crippen LogP contribution in [0.3, 0.4) is 0 Å². The molecule has 2 bridgehead atoms. The molecule has 70 valence electrons. The van der Waals surface area contributed by atoms with Crippen LogP contribution in [0.25, 0.3) is 0 Å². The van der Waals surface area contributed by atoms with Gasteiger partial charge in [0.05, 0.1) is 18.3 Å². The molecule has 2 rings (SSSR count). The van der Waals surface area contributed by atoms with Crippen LogP contribution in [0.5, 0.6) is 0 Å². The summed E-state index contributed by atoms with van der Waals surface area (Å²) >= 11 is 0. The van der Waals surface area contributed by atoms with Crippen molar-refractivity contribution in [1.29, 1.82) is 0 Å². The van der Waals surface area contributed by atoms with E-state index < -0.39 is 5.79 Å². The molecule has 1 unspecified atom stereocenters. The number of aliphatic hydroxyl groups excluding tert-OH is 1. The molecule has 12 heavy (non-hydrogen) atoms. The molecule has 2 fully saturated rings. The highest BCUT2D eigenvalue weighted by atomic mass is 16.7. The molecule has 2 aliphatic rings. The molecular formula is C9H16O3. The Morgan fingerprint density at radius 2 is 2.25 bits per heavy atom. The maximum absolute atomic E-state index is 9.22. The molecule has 3 nitrogen and oxygen atoms in total. The highest BCUT2D eigenvalue weighted by molar-refractivity contribution is 4.96. The van der Waals surface area contributed by atoms with Crippen molar-refractivity contribution in [3.63, 3.8) is 0 Å². The number of fused-ring (bicyclic) bond motifs is 2. The summed E-state index contributed by atoms with van der Waals surface area (Å²) in [6, 6.07) is 0. The molecule has 0 amide bonds. The molecule has 1 saturated carbocycles. The largest absolute Gasteiger partial charge is 0.393 e. The van der Waals surface area contributed by atoms with Gasteiger partial charge < -0.3 is 14.6 Å². The number of hydrogen-bond acceptors (Lipinski definition) is 3. The molecule has 1 heterocycles. The van der Waals surface area contributed by atoms with E-state index in [0.717, 1.165) is 19.3 Å². The minimum Gasteiger partial charge on any atom is -0.393 e. The summed E-state index contributed by atoms with van der Waals surface area (Å²) in [5.41, 5.74) is -0.299. The quantitative estimate of drug-likeness (QED) is 0.642. The molecule has 0 aromatic rings. The third kappa shape index (κ3) is 1.26. The van der Waals surface area contributed by atoms with Crippen molar-refractivity contribution in [3.05, 3.63) is 0 Å². The van der Waals surface area contributed by atoms with Crippen molar-refractivity contribution in [2.45, 2.75) is 50.6 Å². The zero-order chi connectivity index (χ0) is 8.82. The van der Waals surface area contributed by atoms with Crippen LogP contribution in [0.4, 0.5) is 0 Å². The lowest BCUT2D eigenvalue weighted by Gasteiger charge is -2.42. The van der Waals surface area contributed by atoms with Gasteiger partial charge in [-0.25, -0.2) is 0 Å². The van der Waals surface area contributed by atoms with Crippen molar-refractivity contribution >= 4 is 0 Å². The van der Waals surface area contributed by atoms with Gasteiger partial charge in [0.2, 0.25) is 0 Å². The van der Waals surface area contributed by atoms with Crippen LogP contribution in [0, 0.1) is 0 Å². The lowest BCUT2D eigenvalue weighted by atomic mass is 10.0. The molecule has 1 aliphatic heterocycles. The van der Waals surface area contributed by atoms with Gasteiger partial charge in [-0.15, -0.1) is 0 Å². The van der Waals surface area contributed by atoms with E-state index in [-0.39, 0.29) is 12.2 Å². The van der Waals surface area contributed by atoms with E-state index in [1.807, 2.05) is 13.8 Å². The molecule has 1 N–H and O–H groups in total. The molecule has 0 aromatic carbocycles. The molecule has 2 atom stereocenters. The second-order valence-corrected chi connectivity index (χ2v) is 4.33. The van der Waals surface area contributed by atoms with E-state index in [4.69, 9.17) is 9.47 Å². The van der Waals surface area contributed by atoms with E-state index in [1.165, 1.54) is 0 Å². The fourth-order valence-electron chi connectivity index (χ4n) is 2.36. The second-order valence-electron chi connectivity index (χ2n) is 4.33. The standard InChI is InChI=1S/C9H16O3/c1-8(2)11-7-3-4-9(5-7,6-10)12-8/h7,10H,3-6H2,1-2H3/t7?,9-/m1/s1. The van der Waals surface area contributed by atoms with Gasteiger partial charge >= 0.3 is 0 Å². The van der Waals surface area contributed by atoms with Crippen molar-refractivity contribution in [3.8, 4) is 0 Å². The summed E-state index contributed by atoms with van der Waals surface area (Å²) in [4.78, 5) is 0. The van der Waals surface area contributed by atoms with Crippen molar-refractivity contribution in [2.75, 3.05) is 6.61 Å². The SMILES string of the molecule is CC1(C)OC2CC[C@](CO)(C2)O1. The third-order valence-corrected chi connectivity index (χ3v) is 2.72. The summed E-state index contributed by atoms with van der Waals surface area (Å²) in [5, 5.41) is 9.22. The van der Waals surface area contributed by atoms with E-state index in [9.17, 15) is 5.11 Å². The van der Waals surface area contributed by atoms with E-state index in [1.54, 1.807) is 0 Å². The first-order chi connectivity index (χ1) is 5.55. The minimum absolute atomic E-state index is 0.121. The van der Waals surface area contributed by atoms with Crippen molar-refractivity contribution < 1.29 is 14.6 Å². The second kappa shape index (κ2) is 2.44. The molecule has 3 heteroatoms. The first-order valence-corrected chi connectivity index (χ1v) is 4.54. The Balaban J connectivity index is 2.18. The van der Waals surface area contributed by atoms with Gasteiger partial charge in [-0.1, -0.05) is 0 Å². The van der Waals surface area contributed by atoms with Crippen LogP contribution < -0.4 is 0 Å². The van der Waals surface area contributed by atoms with Gasteiger partial charge in [-0.2, -0.15) is 0 Å². The highest BCUT2D eigenvalue weighted by Crippen LogP contribution is 2.44. The lowest BCUT2D eigenvalue weighted by molar-refractivity contribution is -0.317. The van der Waals surface area contributed by atoms with Gasteiger partial charge in [-0.3, -0.25) is 0 Å². The van der Waals surface area contributed by atoms with Gasteiger partial charge in [0, 0.05) is 6.42 Å². The summed E-state index contributed by atoms with van der Waals surface area (Å²) in [7, 11) is 0. The Hall–Kier alpha value is -0.120. The zero-order valence-electron chi connectivity index (χ0n) is 7.67. The Labute approximate surface area is 72.7 Å². The fourth-order valence-corrected chi connectivity index (χ4v) is 2.36. The predicted octanol–water partition coefficient (Wildman–Crippen LogP) is 1.05. The zero-order valence-corrected chi connectivity index (χ0v) is 7.67. The highest BCUT2D eigenvalue weighted by Gasteiger charge is 2.50. The topological polar surface area (TPSA) is 38.7 Å². The van der Waals surface area contributed by atoms with E-state index in [2.05, 4.69) is 0 Å². The van der Waals surface area contributed by atoms with Gasteiger partial charge in [-0.05, 0) is 26.7 Å². The molecular weight excluding hydrogens is 156 g/mol. The van der Waals surface area contributed by atoms with Crippen LogP contribution in [-0.4, -0.2) is 29.2 Å². The average molecular weight is 172 g/mol. The number of aliphatic hydroxyl groups is 1. The van der Waals surface area contributed by atoms with Crippen LogP contribution in [0.15, 0.2) is 0 Å². The smallest absolute Gasteiger partial charge is 0.163 e. The first-order valence-electron chi connectivity index (χ1n) is 4.54. The van der Waals surface area contributed by atoms with Crippen LogP contribution in [0.1, 0.15) is 33.1 Å². The Bertz CT molecular complexity index is 190. The van der Waals surface area contributed by atoms with E-state index in [0.29, 0.717) is 6.10 Å². The van der Waals surface area contributed by atoms with Crippen molar-refractivity contribution in [1.82, 2.24) is 0 Å². The first kappa shape index (κ1) is 8.48. The number of hydrogen-bond donors (Lipinski definition) is 1. The molecule has 1 saturated heterocycles. The number of ether oxygens (including phenoxy) is 2. The maximum atomic E-state index is 9.22. The number of rotatable bonds is 1. The Morgan fingerprint density at radius 3 is 2.92 bits per heavy atom. The van der Waals surface area contributed by atoms with Crippen LogP contribution in [0.2, 0.25) is 0 Å². The fraction of sp³-hybridized carbons (Fsp3) is 1.00. The predicted molar refractivity (Wildman–Crippen MR) is 43.7 cm³/mol.